The van der Waals surface area contributed by atoms with E-state index in [4.69, 9.17) is 0 Å². The van der Waals surface area contributed by atoms with Crippen molar-refractivity contribution in [1.82, 2.24) is 0 Å². The molecular formula is C6H7F3O2S. The topological polar surface area (TPSA) is 34.1 Å². The van der Waals surface area contributed by atoms with Crippen molar-refractivity contribution in [2.24, 2.45) is 5.92 Å². The van der Waals surface area contributed by atoms with Crippen molar-refractivity contribution in [1.29, 1.82) is 0 Å². The van der Waals surface area contributed by atoms with Crippen LogP contribution >= 0.6 is 12.6 Å². The van der Waals surface area contributed by atoms with E-state index in [0.717, 1.165) is 0 Å². The highest BCUT2D eigenvalue weighted by Gasteiger charge is 2.44. The van der Waals surface area contributed by atoms with Crippen LogP contribution in [0.4, 0.5) is 13.2 Å². The lowest BCUT2D eigenvalue weighted by molar-refractivity contribution is -0.176. The van der Waals surface area contributed by atoms with Crippen LogP contribution < -0.4 is 0 Å². The van der Waals surface area contributed by atoms with Gasteiger partial charge in [0.2, 0.25) is 5.78 Å². The quantitative estimate of drug-likeness (QED) is 0.554. The molecule has 0 aromatic carbocycles. The zero-order chi connectivity index (χ0) is 9.94. The second kappa shape index (κ2) is 3.93. The maximum Gasteiger partial charge on any atom is 0.450 e. The van der Waals surface area contributed by atoms with Gasteiger partial charge in [0, 0.05) is 0 Å². The standard InChI is InChI=1S/C6H7F3O2S/c1-2-3(5(11)12)4(10)6(7,8)9/h3H,2H2,1H3,(H,11,12). The Morgan fingerprint density at radius 1 is 1.42 bits per heavy atom. The van der Waals surface area contributed by atoms with E-state index in [1.807, 2.05) is 0 Å². The molecule has 0 radical (unpaired) electrons. The molecule has 6 heteroatoms. The first-order valence-corrected chi connectivity index (χ1v) is 3.59. The normalized spacial score (nSPS) is 14.1. The van der Waals surface area contributed by atoms with E-state index in [-0.39, 0.29) is 6.42 Å². The third-order valence-corrected chi connectivity index (χ3v) is 1.61. The number of carbonyl (C=O) groups is 2. The molecule has 0 fully saturated rings. The Bertz CT molecular complexity index is 199. The summed E-state index contributed by atoms with van der Waals surface area (Å²) in [4.78, 5) is 20.8. The Morgan fingerprint density at radius 2 is 1.83 bits per heavy atom. The maximum atomic E-state index is 11.7. The monoisotopic (exact) mass is 200 g/mol. The van der Waals surface area contributed by atoms with Crippen LogP contribution in [0.3, 0.4) is 0 Å². The molecule has 12 heavy (non-hydrogen) atoms. The fourth-order valence-corrected chi connectivity index (χ4v) is 0.970. The molecule has 0 rings (SSSR count). The van der Waals surface area contributed by atoms with Crippen molar-refractivity contribution < 1.29 is 22.8 Å². The Morgan fingerprint density at radius 3 is 1.92 bits per heavy atom. The van der Waals surface area contributed by atoms with Crippen molar-refractivity contribution >= 4 is 23.5 Å². The highest BCUT2D eigenvalue weighted by Crippen LogP contribution is 2.23. The first-order chi connectivity index (χ1) is 5.30. The summed E-state index contributed by atoms with van der Waals surface area (Å²) in [7, 11) is 0. The van der Waals surface area contributed by atoms with Crippen LogP contribution in [0.5, 0.6) is 0 Å². The van der Waals surface area contributed by atoms with Gasteiger partial charge < -0.3 is 0 Å². The van der Waals surface area contributed by atoms with Crippen molar-refractivity contribution in [3.05, 3.63) is 0 Å². The second-order valence-electron chi connectivity index (χ2n) is 2.16. The highest BCUT2D eigenvalue weighted by molar-refractivity contribution is 7.96. The average Bonchev–Trinajstić information content (AvgIpc) is 1.86. The summed E-state index contributed by atoms with van der Waals surface area (Å²) in [6.07, 6.45) is -5.13. The molecule has 0 aromatic rings. The van der Waals surface area contributed by atoms with Gasteiger partial charge in [0.15, 0.2) is 5.12 Å². The number of alkyl halides is 3. The first-order valence-electron chi connectivity index (χ1n) is 3.14. The molecule has 0 heterocycles. The lowest BCUT2D eigenvalue weighted by Gasteiger charge is -2.11. The van der Waals surface area contributed by atoms with E-state index >= 15 is 0 Å². The highest BCUT2D eigenvalue weighted by atomic mass is 32.1. The van der Waals surface area contributed by atoms with Crippen molar-refractivity contribution in [2.45, 2.75) is 19.5 Å². The number of ketones is 1. The van der Waals surface area contributed by atoms with Crippen LogP contribution in [0.1, 0.15) is 13.3 Å². The van der Waals surface area contributed by atoms with Crippen LogP contribution in [0.15, 0.2) is 0 Å². The molecule has 70 valence electrons. The minimum absolute atomic E-state index is 0.180. The summed E-state index contributed by atoms with van der Waals surface area (Å²) >= 11 is 3.18. The predicted octanol–water partition coefficient (Wildman–Crippen LogP) is 1.60. The summed E-state index contributed by atoms with van der Waals surface area (Å²) < 4.78 is 35.1. The summed E-state index contributed by atoms with van der Waals surface area (Å²) in [6, 6.07) is 0. The summed E-state index contributed by atoms with van der Waals surface area (Å²) in [5.41, 5.74) is 0. The van der Waals surface area contributed by atoms with Crippen molar-refractivity contribution in [3.63, 3.8) is 0 Å². The van der Waals surface area contributed by atoms with E-state index in [0.29, 0.717) is 0 Å². The Kier molecular flexibility index (Phi) is 3.76. The SMILES string of the molecule is CCC(C(=O)S)C(=O)C(F)(F)F. The molecule has 0 aliphatic carbocycles. The molecule has 1 atom stereocenters. The Balaban J connectivity index is 4.55. The van der Waals surface area contributed by atoms with Gasteiger partial charge in [0.1, 0.15) is 0 Å². The number of thiol groups is 1. The van der Waals surface area contributed by atoms with Gasteiger partial charge in [-0.1, -0.05) is 6.92 Å². The smallest absolute Gasteiger partial charge is 0.289 e. The van der Waals surface area contributed by atoms with Gasteiger partial charge in [-0.3, -0.25) is 9.59 Å². The minimum Gasteiger partial charge on any atom is -0.289 e. The molecule has 0 amide bonds. The largest absolute Gasteiger partial charge is 0.450 e. The van der Waals surface area contributed by atoms with Crippen LogP contribution in [0.25, 0.3) is 0 Å². The number of halogens is 3. The second-order valence-corrected chi connectivity index (χ2v) is 2.60. The van der Waals surface area contributed by atoms with Gasteiger partial charge in [-0.05, 0) is 6.42 Å². The van der Waals surface area contributed by atoms with Gasteiger partial charge >= 0.3 is 6.18 Å². The van der Waals surface area contributed by atoms with Gasteiger partial charge in [0.25, 0.3) is 0 Å². The summed E-state index contributed by atoms with van der Waals surface area (Å²) in [5, 5.41) is -1.04. The van der Waals surface area contributed by atoms with E-state index < -0.39 is 23.0 Å². The summed E-state index contributed by atoms with van der Waals surface area (Å²) in [6.45, 7) is 1.32. The summed E-state index contributed by atoms with van der Waals surface area (Å²) in [5.74, 6) is -3.68. The number of Topliss-reactive ketones (excluding diaryl/α,β-unsaturated/α-hetero) is 1. The zero-order valence-corrected chi connectivity index (χ0v) is 7.08. The third kappa shape index (κ3) is 2.84. The van der Waals surface area contributed by atoms with Crippen LogP contribution in [-0.4, -0.2) is 17.1 Å². The van der Waals surface area contributed by atoms with Crippen molar-refractivity contribution in [3.8, 4) is 0 Å². The maximum absolute atomic E-state index is 11.7. The lowest BCUT2D eigenvalue weighted by atomic mass is 10.0. The minimum atomic E-state index is -4.95. The molecule has 1 unspecified atom stereocenters. The molecular weight excluding hydrogens is 193 g/mol. The molecule has 0 N–H and O–H groups in total. The van der Waals surface area contributed by atoms with E-state index in [2.05, 4.69) is 12.6 Å². The molecule has 0 bridgehead atoms. The Hall–Kier alpha value is -0.520. The molecule has 2 nitrogen and oxygen atoms in total. The van der Waals surface area contributed by atoms with Gasteiger partial charge in [-0.25, -0.2) is 0 Å². The van der Waals surface area contributed by atoms with Crippen LogP contribution in [0, 0.1) is 5.92 Å². The Labute approximate surface area is 72.5 Å². The van der Waals surface area contributed by atoms with Gasteiger partial charge in [0.05, 0.1) is 5.92 Å². The third-order valence-electron chi connectivity index (χ3n) is 1.30. The molecule has 0 aliphatic heterocycles. The predicted molar refractivity (Wildman–Crippen MR) is 38.8 cm³/mol. The van der Waals surface area contributed by atoms with Crippen molar-refractivity contribution in [2.75, 3.05) is 0 Å². The molecule has 0 saturated heterocycles. The molecule has 0 saturated carbocycles. The molecule has 0 aliphatic rings. The number of rotatable bonds is 3. The van der Waals surface area contributed by atoms with Crippen LogP contribution in [0.2, 0.25) is 0 Å². The van der Waals surface area contributed by atoms with E-state index in [9.17, 15) is 22.8 Å². The van der Waals surface area contributed by atoms with E-state index in [1.165, 1.54) is 6.92 Å². The lowest BCUT2D eigenvalue weighted by Crippen LogP contribution is -2.33. The number of hydrogen-bond acceptors (Lipinski definition) is 2. The fraction of sp³-hybridized carbons (Fsp3) is 0.667. The first kappa shape index (κ1) is 11.5. The number of hydrogen-bond donors (Lipinski definition) is 1. The van der Waals surface area contributed by atoms with Gasteiger partial charge in [-0.15, -0.1) is 12.6 Å². The molecule has 0 spiro atoms. The van der Waals surface area contributed by atoms with E-state index in [1.54, 1.807) is 0 Å². The van der Waals surface area contributed by atoms with Crippen LogP contribution in [-0.2, 0) is 9.59 Å². The van der Waals surface area contributed by atoms with Gasteiger partial charge in [-0.2, -0.15) is 13.2 Å². The fourth-order valence-electron chi connectivity index (χ4n) is 0.670. The zero-order valence-electron chi connectivity index (χ0n) is 6.18. The number of carbonyl (C=O) groups excluding carboxylic acids is 2. The average molecular weight is 200 g/mol. The molecule has 0 aromatic heterocycles.